The van der Waals surface area contributed by atoms with Crippen LogP contribution in [-0.2, 0) is 4.74 Å². The lowest BCUT2D eigenvalue weighted by Crippen LogP contribution is -2.22. The van der Waals surface area contributed by atoms with Crippen LogP contribution >= 0.6 is 0 Å². The molecule has 3 aromatic rings. The van der Waals surface area contributed by atoms with Gasteiger partial charge >= 0.3 is 0 Å². The number of ether oxygens (including phenoxy) is 1. The van der Waals surface area contributed by atoms with Gasteiger partial charge in [0.25, 0.3) is 0 Å². The van der Waals surface area contributed by atoms with Crippen molar-refractivity contribution in [2.45, 2.75) is 20.0 Å². The van der Waals surface area contributed by atoms with Crippen molar-refractivity contribution in [3.8, 4) is 0 Å². The third-order valence-corrected chi connectivity index (χ3v) is 4.55. The van der Waals surface area contributed by atoms with E-state index in [1.165, 1.54) is 12.1 Å². The van der Waals surface area contributed by atoms with Crippen LogP contribution in [0.2, 0.25) is 0 Å². The molecule has 1 atom stereocenters. The van der Waals surface area contributed by atoms with Crippen molar-refractivity contribution in [3.63, 3.8) is 0 Å². The Labute approximate surface area is 182 Å². The summed E-state index contributed by atoms with van der Waals surface area (Å²) in [6.07, 6.45) is 3.27. The van der Waals surface area contributed by atoms with Crippen LogP contribution < -0.4 is 5.32 Å². The van der Waals surface area contributed by atoms with Crippen LogP contribution in [0.25, 0.3) is 5.52 Å². The third-order valence-electron chi connectivity index (χ3n) is 4.55. The van der Waals surface area contributed by atoms with Gasteiger partial charge in [0.1, 0.15) is 23.3 Å². The summed E-state index contributed by atoms with van der Waals surface area (Å²) in [4.78, 5) is 11.1. The van der Waals surface area contributed by atoms with Crippen molar-refractivity contribution in [2.75, 3.05) is 39.6 Å². The Morgan fingerprint density at radius 2 is 2.00 bits per heavy atom. The van der Waals surface area contributed by atoms with Crippen LogP contribution in [0.5, 0.6) is 0 Å². The van der Waals surface area contributed by atoms with Gasteiger partial charge in [-0.2, -0.15) is 0 Å². The predicted molar refractivity (Wildman–Crippen MR) is 122 cm³/mol. The minimum atomic E-state index is -0.543. The van der Waals surface area contributed by atoms with Gasteiger partial charge in [-0.15, -0.1) is 5.10 Å². The molecule has 0 spiro atoms. The number of amidine groups is 1. The number of aliphatic imine (C=N–C) groups is 1. The fourth-order valence-corrected chi connectivity index (χ4v) is 3.02. The number of nitrogens with zero attached hydrogens (tertiary/aromatic N) is 5. The van der Waals surface area contributed by atoms with E-state index in [4.69, 9.17) is 9.72 Å². The number of anilines is 1. The molecule has 0 saturated heterocycles. The molecule has 0 aliphatic carbocycles. The van der Waals surface area contributed by atoms with E-state index in [0.717, 1.165) is 23.2 Å². The molecule has 0 aliphatic rings. The molecule has 1 unspecified atom stereocenters. The molecule has 164 valence electrons. The van der Waals surface area contributed by atoms with E-state index in [9.17, 15) is 4.39 Å². The van der Waals surface area contributed by atoms with Crippen LogP contribution in [0.1, 0.15) is 31.3 Å². The second kappa shape index (κ2) is 10.3. The van der Waals surface area contributed by atoms with Crippen LogP contribution in [0.15, 0.2) is 59.2 Å². The third kappa shape index (κ3) is 5.96. The van der Waals surface area contributed by atoms with E-state index in [1.807, 2.05) is 57.2 Å². The van der Waals surface area contributed by atoms with E-state index in [0.29, 0.717) is 24.1 Å². The highest BCUT2D eigenvalue weighted by atomic mass is 19.1. The topological polar surface area (TPSA) is 67.1 Å². The van der Waals surface area contributed by atoms with Crippen LogP contribution in [-0.4, -0.2) is 59.6 Å². The quantitative estimate of drug-likeness (QED) is 0.438. The molecule has 0 fully saturated rings. The van der Waals surface area contributed by atoms with Gasteiger partial charge in [-0.1, -0.05) is 17.7 Å². The molecule has 1 aromatic carbocycles. The SMILES string of the molecule is CN=C(C=C(C)C)Nc1nc(C(OCCN(C)C)c2ccc(F)cc2)nn2cccc12. The first-order chi connectivity index (χ1) is 14.9. The number of fused-ring (bicyclic) bond motifs is 1. The van der Waals surface area contributed by atoms with Gasteiger partial charge in [-0.3, -0.25) is 4.99 Å². The van der Waals surface area contributed by atoms with Gasteiger partial charge in [-0.25, -0.2) is 13.9 Å². The second-order valence-corrected chi connectivity index (χ2v) is 7.72. The summed E-state index contributed by atoms with van der Waals surface area (Å²) in [6.45, 7) is 5.23. The van der Waals surface area contributed by atoms with Crippen LogP contribution in [0.4, 0.5) is 10.2 Å². The monoisotopic (exact) mass is 424 g/mol. The number of rotatable bonds is 8. The molecule has 7 nitrogen and oxygen atoms in total. The van der Waals surface area contributed by atoms with Crippen molar-refractivity contribution in [2.24, 2.45) is 4.99 Å². The van der Waals surface area contributed by atoms with E-state index in [1.54, 1.807) is 23.7 Å². The summed E-state index contributed by atoms with van der Waals surface area (Å²) in [5, 5.41) is 7.96. The number of halogens is 1. The second-order valence-electron chi connectivity index (χ2n) is 7.72. The minimum absolute atomic E-state index is 0.301. The van der Waals surface area contributed by atoms with Gasteiger partial charge in [0.2, 0.25) is 0 Å². The van der Waals surface area contributed by atoms with E-state index >= 15 is 0 Å². The summed E-state index contributed by atoms with van der Waals surface area (Å²) in [5.41, 5.74) is 2.72. The average Bonchev–Trinajstić information content (AvgIpc) is 3.20. The zero-order chi connectivity index (χ0) is 22.4. The van der Waals surface area contributed by atoms with Crippen LogP contribution in [0, 0.1) is 5.82 Å². The summed E-state index contributed by atoms with van der Waals surface area (Å²) >= 11 is 0. The van der Waals surface area contributed by atoms with Crippen LogP contribution in [0.3, 0.4) is 0 Å². The molecule has 0 bridgehead atoms. The summed E-state index contributed by atoms with van der Waals surface area (Å²) in [5.74, 6) is 1.49. The molecule has 2 heterocycles. The molecule has 3 rings (SSSR count). The predicted octanol–water partition coefficient (Wildman–Crippen LogP) is 3.94. The average molecular weight is 425 g/mol. The van der Waals surface area contributed by atoms with Crippen molar-refractivity contribution in [3.05, 3.63) is 71.4 Å². The largest absolute Gasteiger partial charge is 0.364 e. The van der Waals surface area contributed by atoms with Gasteiger partial charge in [0.05, 0.1) is 6.61 Å². The number of hydrogen-bond donors (Lipinski definition) is 1. The highest BCUT2D eigenvalue weighted by Gasteiger charge is 2.21. The smallest absolute Gasteiger partial charge is 0.184 e. The molecule has 0 radical (unpaired) electrons. The first-order valence-corrected chi connectivity index (χ1v) is 10.1. The molecular weight excluding hydrogens is 395 g/mol. The number of likely N-dealkylation sites (N-methyl/N-ethyl adjacent to an activating group) is 1. The molecule has 0 aliphatic heterocycles. The highest BCUT2D eigenvalue weighted by Crippen LogP contribution is 2.26. The Balaban J connectivity index is 2.03. The lowest BCUT2D eigenvalue weighted by molar-refractivity contribution is 0.0627. The van der Waals surface area contributed by atoms with Gasteiger partial charge in [0, 0.05) is 19.8 Å². The summed E-state index contributed by atoms with van der Waals surface area (Å²) < 4.78 is 21.4. The molecule has 8 heteroatoms. The lowest BCUT2D eigenvalue weighted by Gasteiger charge is -2.20. The molecule has 1 N–H and O–H groups in total. The molecule has 2 aromatic heterocycles. The standard InChI is InChI=1S/C23H29FN6O/c1-16(2)15-20(25-3)26-22-19-7-6-12-30(19)28-23(27-22)21(31-14-13-29(4)5)17-8-10-18(24)11-9-17/h6-12,15,21H,13-14H2,1-5H3,(H,25,26,27,28). The summed E-state index contributed by atoms with van der Waals surface area (Å²) in [7, 11) is 5.69. The first kappa shape index (κ1) is 22.6. The first-order valence-electron chi connectivity index (χ1n) is 10.1. The number of nitrogens with one attached hydrogen (secondary N) is 1. The van der Waals surface area contributed by atoms with Gasteiger partial charge in [-0.05, 0) is 63.8 Å². The molecular formula is C23H29FN6O. The molecule has 31 heavy (non-hydrogen) atoms. The van der Waals surface area contributed by atoms with E-state index in [-0.39, 0.29) is 5.82 Å². The van der Waals surface area contributed by atoms with E-state index in [2.05, 4.69) is 15.4 Å². The molecule has 0 saturated carbocycles. The Hall–Kier alpha value is -3.10. The number of benzene rings is 1. The van der Waals surface area contributed by atoms with Crippen molar-refractivity contribution in [1.29, 1.82) is 0 Å². The summed E-state index contributed by atoms with van der Waals surface area (Å²) in [6, 6.07) is 10.1. The fourth-order valence-electron chi connectivity index (χ4n) is 3.02. The zero-order valence-electron chi connectivity index (χ0n) is 18.6. The zero-order valence-corrected chi connectivity index (χ0v) is 18.6. The maximum atomic E-state index is 13.5. The Kier molecular flexibility index (Phi) is 7.49. The number of allylic oxidation sites excluding steroid dienone is 1. The maximum absolute atomic E-state index is 13.5. The molecule has 0 amide bonds. The highest BCUT2D eigenvalue weighted by molar-refractivity contribution is 6.05. The van der Waals surface area contributed by atoms with Gasteiger partial charge < -0.3 is 15.0 Å². The van der Waals surface area contributed by atoms with Crippen molar-refractivity contribution < 1.29 is 9.13 Å². The van der Waals surface area contributed by atoms with E-state index < -0.39 is 6.10 Å². The van der Waals surface area contributed by atoms with Crippen molar-refractivity contribution >= 4 is 17.2 Å². The number of hydrogen-bond acceptors (Lipinski definition) is 5. The van der Waals surface area contributed by atoms with Gasteiger partial charge in [0.15, 0.2) is 11.6 Å². The minimum Gasteiger partial charge on any atom is -0.364 e. The lowest BCUT2D eigenvalue weighted by atomic mass is 10.1. The van der Waals surface area contributed by atoms with Crippen molar-refractivity contribution in [1.82, 2.24) is 19.5 Å². The number of aromatic nitrogens is 3. The fraction of sp³-hybridized carbons (Fsp3) is 0.348. The Morgan fingerprint density at radius 3 is 2.65 bits per heavy atom. The maximum Gasteiger partial charge on any atom is 0.184 e. The Bertz CT molecular complexity index is 1070. The Morgan fingerprint density at radius 1 is 1.26 bits per heavy atom. The normalized spacial score (nSPS) is 12.9.